The first kappa shape index (κ1) is 7.21. The molecular formula is C6H11NO. The van der Waals surface area contributed by atoms with Gasteiger partial charge >= 0.3 is 0 Å². The third kappa shape index (κ3) is 5.21. The molecule has 0 rings (SSSR count). The zero-order chi connectivity index (χ0) is 6.41. The molecule has 0 unspecified atom stereocenters. The zero-order valence-electron chi connectivity index (χ0n) is 5.11. The quantitative estimate of drug-likeness (QED) is 0.544. The van der Waals surface area contributed by atoms with Gasteiger partial charge < -0.3 is 5.32 Å². The van der Waals surface area contributed by atoms with Gasteiger partial charge in [0.05, 0.1) is 0 Å². The molecule has 2 heteroatoms. The summed E-state index contributed by atoms with van der Waals surface area (Å²) in [5.41, 5.74) is 0. The second kappa shape index (κ2) is 4.37. The van der Waals surface area contributed by atoms with Crippen LogP contribution < -0.4 is 5.32 Å². The van der Waals surface area contributed by atoms with Crippen molar-refractivity contribution in [2.24, 2.45) is 0 Å². The van der Waals surface area contributed by atoms with Crippen molar-refractivity contribution < 1.29 is 4.79 Å². The van der Waals surface area contributed by atoms with E-state index in [1.807, 2.05) is 0 Å². The average Bonchev–Trinajstić information content (AvgIpc) is 1.66. The zero-order valence-corrected chi connectivity index (χ0v) is 5.11. The molecule has 0 aliphatic rings. The van der Waals surface area contributed by atoms with Crippen molar-refractivity contribution in [3.8, 4) is 0 Å². The molecule has 8 heavy (non-hydrogen) atoms. The lowest BCUT2D eigenvalue weighted by Gasteiger charge is -1.93. The Bertz CT molecular complexity index is 88.5. The molecule has 2 nitrogen and oxygen atoms in total. The average molecular weight is 113 g/mol. The normalized spacial score (nSPS) is 8.12. The van der Waals surface area contributed by atoms with Crippen molar-refractivity contribution in [1.82, 2.24) is 5.32 Å². The molecule has 0 aromatic heterocycles. The molecule has 0 spiro atoms. The molecular weight excluding hydrogens is 102 g/mol. The lowest BCUT2D eigenvalue weighted by atomic mass is 10.3. The van der Waals surface area contributed by atoms with E-state index in [1.54, 1.807) is 13.1 Å². The van der Waals surface area contributed by atoms with Crippen molar-refractivity contribution in [3.05, 3.63) is 12.8 Å². The number of hydrogen-bond donors (Lipinski definition) is 1. The summed E-state index contributed by atoms with van der Waals surface area (Å²) in [6, 6.07) is 0. The van der Waals surface area contributed by atoms with Crippen LogP contribution in [0.25, 0.3) is 0 Å². The standard InChI is InChI=1S/C6H11NO/c1-3-7-5-4-6(2)8/h3,7H,1,4-5H2,2H3. The number of carbonyl (C=O) groups excluding carboxylic acids is 1. The van der Waals surface area contributed by atoms with E-state index in [9.17, 15) is 4.79 Å². The number of Topliss-reactive ketones (excluding diaryl/α,β-unsaturated/α-hetero) is 1. The molecule has 0 aromatic carbocycles. The van der Waals surface area contributed by atoms with Crippen LogP contribution >= 0.6 is 0 Å². The first-order valence-corrected chi connectivity index (χ1v) is 2.61. The maximum absolute atomic E-state index is 10.2. The molecule has 0 amide bonds. The molecule has 1 N–H and O–H groups in total. The maximum atomic E-state index is 10.2. The molecule has 0 saturated heterocycles. The molecule has 46 valence electrons. The van der Waals surface area contributed by atoms with Gasteiger partial charge in [-0.3, -0.25) is 4.79 Å². The minimum atomic E-state index is 0.208. The van der Waals surface area contributed by atoms with Crippen LogP contribution in [0.1, 0.15) is 13.3 Å². The highest BCUT2D eigenvalue weighted by Crippen LogP contribution is 1.76. The van der Waals surface area contributed by atoms with Gasteiger partial charge in [0.2, 0.25) is 0 Å². The summed E-state index contributed by atoms with van der Waals surface area (Å²) >= 11 is 0. The highest BCUT2D eigenvalue weighted by atomic mass is 16.1. The fourth-order valence-electron chi connectivity index (χ4n) is 0.350. The third-order valence-electron chi connectivity index (χ3n) is 0.766. The van der Waals surface area contributed by atoms with Crippen molar-refractivity contribution in [1.29, 1.82) is 0 Å². The predicted molar refractivity (Wildman–Crippen MR) is 33.5 cm³/mol. The van der Waals surface area contributed by atoms with Crippen LogP contribution in [-0.4, -0.2) is 12.3 Å². The molecule has 0 atom stereocenters. The van der Waals surface area contributed by atoms with Gasteiger partial charge in [0.15, 0.2) is 0 Å². The molecule has 0 heterocycles. The van der Waals surface area contributed by atoms with Crippen molar-refractivity contribution in [3.63, 3.8) is 0 Å². The Morgan fingerprint density at radius 2 is 2.50 bits per heavy atom. The van der Waals surface area contributed by atoms with Crippen LogP contribution in [0.4, 0.5) is 0 Å². The Labute approximate surface area is 49.6 Å². The molecule has 0 radical (unpaired) electrons. The second-order valence-corrected chi connectivity index (χ2v) is 1.61. The van der Waals surface area contributed by atoms with Crippen LogP contribution in [0.15, 0.2) is 12.8 Å². The smallest absolute Gasteiger partial charge is 0.131 e. The minimum Gasteiger partial charge on any atom is -0.391 e. The van der Waals surface area contributed by atoms with E-state index in [0.29, 0.717) is 13.0 Å². The first-order valence-electron chi connectivity index (χ1n) is 2.61. The highest BCUT2D eigenvalue weighted by molar-refractivity contribution is 5.75. The van der Waals surface area contributed by atoms with Crippen LogP contribution in [-0.2, 0) is 4.79 Å². The van der Waals surface area contributed by atoms with E-state index < -0.39 is 0 Å². The van der Waals surface area contributed by atoms with E-state index in [-0.39, 0.29) is 5.78 Å². The summed E-state index contributed by atoms with van der Waals surface area (Å²) < 4.78 is 0. The fraction of sp³-hybridized carbons (Fsp3) is 0.500. The van der Waals surface area contributed by atoms with Gasteiger partial charge in [0.1, 0.15) is 5.78 Å². The number of rotatable bonds is 4. The number of carbonyl (C=O) groups is 1. The molecule has 0 aromatic rings. The SMILES string of the molecule is C=CNCCC(C)=O. The van der Waals surface area contributed by atoms with Gasteiger partial charge in [0, 0.05) is 13.0 Å². The molecule has 0 saturated carbocycles. The van der Waals surface area contributed by atoms with E-state index in [4.69, 9.17) is 0 Å². The minimum absolute atomic E-state index is 0.208. The van der Waals surface area contributed by atoms with Gasteiger partial charge in [-0.15, -0.1) is 0 Å². The lowest BCUT2D eigenvalue weighted by Crippen LogP contribution is -2.09. The monoisotopic (exact) mass is 113 g/mol. The van der Waals surface area contributed by atoms with E-state index in [1.165, 1.54) is 0 Å². The van der Waals surface area contributed by atoms with Gasteiger partial charge in [0.25, 0.3) is 0 Å². The molecule has 0 aliphatic heterocycles. The lowest BCUT2D eigenvalue weighted by molar-refractivity contribution is -0.116. The maximum Gasteiger partial charge on any atom is 0.131 e. The van der Waals surface area contributed by atoms with Crippen LogP contribution in [0, 0.1) is 0 Å². The van der Waals surface area contributed by atoms with Gasteiger partial charge in [-0.05, 0) is 13.1 Å². The van der Waals surface area contributed by atoms with E-state index in [0.717, 1.165) is 0 Å². The Balaban J connectivity index is 2.93. The summed E-state index contributed by atoms with van der Waals surface area (Å²) in [6.45, 7) is 5.72. The Hall–Kier alpha value is -0.790. The molecule has 0 bridgehead atoms. The van der Waals surface area contributed by atoms with Crippen molar-refractivity contribution in [2.75, 3.05) is 6.54 Å². The Morgan fingerprint density at radius 3 is 2.88 bits per heavy atom. The summed E-state index contributed by atoms with van der Waals surface area (Å²) in [7, 11) is 0. The van der Waals surface area contributed by atoms with Gasteiger partial charge in [-0.1, -0.05) is 6.58 Å². The highest BCUT2D eigenvalue weighted by Gasteiger charge is 1.87. The van der Waals surface area contributed by atoms with Crippen LogP contribution in [0.3, 0.4) is 0 Å². The number of ketones is 1. The molecule has 0 fully saturated rings. The summed E-state index contributed by atoms with van der Waals surface area (Å²) in [5, 5.41) is 2.82. The van der Waals surface area contributed by atoms with Crippen molar-refractivity contribution in [2.45, 2.75) is 13.3 Å². The summed E-state index contributed by atoms with van der Waals surface area (Å²) in [6.07, 6.45) is 2.18. The Morgan fingerprint density at radius 1 is 1.88 bits per heavy atom. The first-order chi connectivity index (χ1) is 3.77. The van der Waals surface area contributed by atoms with Crippen molar-refractivity contribution >= 4 is 5.78 Å². The second-order valence-electron chi connectivity index (χ2n) is 1.61. The Kier molecular flexibility index (Phi) is 3.94. The molecule has 0 aliphatic carbocycles. The van der Waals surface area contributed by atoms with Crippen LogP contribution in [0.5, 0.6) is 0 Å². The number of nitrogens with one attached hydrogen (secondary N) is 1. The summed E-state index contributed by atoms with van der Waals surface area (Å²) in [5.74, 6) is 0.208. The fourth-order valence-corrected chi connectivity index (χ4v) is 0.350. The van der Waals surface area contributed by atoms with Gasteiger partial charge in [-0.25, -0.2) is 0 Å². The number of hydrogen-bond acceptors (Lipinski definition) is 2. The summed E-state index contributed by atoms with van der Waals surface area (Å²) in [4.78, 5) is 10.2. The largest absolute Gasteiger partial charge is 0.391 e. The predicted octanol–water partition coefficient (Wildman–Crippen LogP) is 0.699. The third-order valence-corrected chi connectivity index (χ3v) is 0.766. The van der Waals surface area contributed by atoms with Crippen LogP contribution in [0.2, 0.25) is 0 Å². The topological polar surface area (TPSA) is 29.1 Å². The van der Waals surface area contributed by atoms with E-state index in [2.05, 4.69) is 11.9 Å². The van der Waals surface area contributed by atoms with Gasteiger partial charge in [-0.2, -0.15) is 0 Å². The van der Waals surface area contributed by atoms with E-state index >= 15 is 0 Å².